The maximum Gasteiger partial charge on any atom is 0.257 e. The largest absolute Gasteiger partial charge is 0.355 e. The minimum Gasteiger partial charge on any atom is -0.355 e. The number of aryl methyl sites for hydroxylation is 1. The second kappa shape index (κ2) is 14.4. The first kappa shape index (κ1) is 26.5. The monoisotopic (exact) mass is 470 g/mol. The summed E-state index contributed by atoms with van der Waals surface area (Å²) < 4.78 is 0. The third kappa shape index (κ3) is 8.94. The summed E-state index contributed by atoms with van der Waals surface area (Å²) in [4.78, 5) is 38.7. The zero-order chi connectivity index (χ0) is 24.1. The van der Waals surface area contributed by atoms with Crippen LogP contribution in [-0.2, 0) is 16.1 Å². The molecule has 0 bridgehead atoms. The number of carbonyl (C=O) groups is 2. The van der Waals surface area contributed by atoms with E-state index in [4.69, 9.17) is 0 Å². The number of likely N-dealkylation sites (tertiary alicyclic amines) is 1. The van der Waals surface area contributed by atoms with Crippen LogP contribution < -0.4 is 10.6 Å². The van der Waals surface area contributed by atoms with Crippen molar-refractivity contribution in [2.45, 2.75) is 40.2 Å². The van der Waals surface area contributed by atoms with Gasteiger partial charge in [-0.05, 0) is 74.8 Å². The molecule has 8 nitrogen and oxygen atoms in total. The SMILES string of the molecule is CC.CNC(=O)/C(=C/c1ccnc(NCC2CCN(Cc3cccc(C)n3)CC2)n1)SC=O. The average Bonchev–Trinajstić information content (AvgIpc) is 2.84. The van der Waals surface area contributed by atoms with Crippen molar-refractivity contribution in [1.29, 1.82) is 0 Å². The summed E-state index contributed by atoms with van der Waals surface area (Å²) in [6.07, 6.45) is 5.44. The van der Waals surface area contributed by atoms with E-state index in [-0.39, 0.29) is 10.8 Å². The molecule has 0 atom stereocenters. The van der Waals surface area contributed by atoms with Crippen molar-refractivity contribution >= 4 is 35.3 Å². The highest BCUT2D eigenvalue weighted by atomic mass is 32.2. The van der Waals surface area contributed by atoms with Crippen LogP contribution in [0.5, 0.6) is 0 Å². The van der Waals surface area contributed by atoms with Gasteiger partial charge in [-0.15, -0.1) is 0 Å². The summed E-state index contributed by atoms with van der Waals surface area (Å²) in [5.41, 5.74) is 3.38. The van der Waals surface area contributed by atoms with Crippen molar-refractivity contribution in [1.82, 2.24) is 25.2 Å². The zero-order valence-electron chi connectivity index (χ0n) is 19.9. The number of piperidine rings is 1. The van der Waals surface area contributed by atoms with Crippen LogP contribution in [0.15, 0.2) is 35.4 Å². The van der Waals surface area contributed by atoms with Crippen molar-refractivity contribution in [3.05, 3.63) is 52.4 Å². The number of amides is 1. The first-order chi connectivity index (χ1) is 16.1. The van der Waals surface area contributed by atoms with Crippen LogP contribution >= 0.6 is 11.8 Å². The van der Waals surface area contributed by atoms with Gasteiger partial charge in [0.05, 0.1) is 16.3 Å². The van der Waals surface area contributed by atoms with Gasteiger partial charge in [0, 0.05) is 32.0 Å². The van der Waals surface area contributed by atoms with Gasteiger partial charge in [-0.1, -0.05) is 19.9 Å². The van der Waals surface area contributed by atoms with Crippen LogP contribution in [0.4, 0.5) is 5.95 Å². The highest BCUT2D eigenvalue weighted by Crippen LogP contribution is 2.20. The molecule has 0 radical (unpaired) electrons. The molecule has 0 aromatic carbocycles. The predicted octanol–water partition coefficient (Wildman–Crippen LogP) is 3.54. The summed E-state index contributed by atoms with van der Waals surface area (Å²) in [6.45, 7) is 9.81. The third-order valence-electron chi connectivity index (χ3n) is 5.17. The van der Waals surface area contributed by atoms with E-state index in [0.29, 0.717) is 23.2 Å². The molecule has 9 heteroatoms. The Kier molecular flexibility index (Phi) is 11.5. The van der Waals surface area contributed by atoms with Gasteiger partial charge in [0.1, 0.15) is 0 Å². The van der Waals surface area contributed by atoms with Gasteiger partial charge in [-0.3, -0.25) is 19.5 Å². The summed E-state index contributed by atoms with van der Waals surface area (Å²) >= 11 is 0.826. The maximum absolute atomic E-state index is 11.9. The Balaban J connectivity index is 0.00000187. The fraction of sp³-hybridized carbons (Fsp3) is 0.458. The quantitative estimate of drug-likeness (QED) is 0.424. The highest BCUT2D eigenvalue weighted by molar-refractivity contribution is 8.16. The smallest absolute Gasteiger partial charge is 0.257 e. The number of nitrogens with zero attached hydrogens (tertiary/aromatic N) is 4. The molecule has 178 valence electrons. The number of pyridine rings is 1. The first-order valence-electron chi connectivity index (χ1n) is 11.3. The normalized spacial score (nSPS) is 14.7. The van der Waals surface area contributed by atoms with Crippen molar-refractivity contribution in [2.75, 3.05) is 32.0 Å². The molecule has 1 amide bonds. The Morgan fingerprint density at radius 1 is 1.21 bits per heavy atom. The lowest BCUT2D eigenvalue weighted by Gasteiger charge is -2.31. The number of thioether (sulfide) groups is 1. The lowest BCUT2D eigenvalue weighted by atomic mass is 9.96. The zero-order valence-corrected chi connectivity index (χ0v) is 20.7. The molecule has 0 spiro atoms. The fourth-order valence-electron chi connectivity index (χ4n) is 3.50. The van der Waals surface area contributed by atoms with E-state index in [1.54, 1.807) is 18.3 Å². The van der Waals surface area contributed by atoms with E-state index in [9.17, 15) is 9.59 Å². The second-order valence-electron chi connectivity index (χ2n) is 7.48. The van der Waals surface area contributed by atoms with E-state index in [1.165, 1.54) is 7.05 Å². The van der Waals surface area contributed by atoms with Crippen LogP contribution in [0.25, 0.3) is 6.08 Å². The molecule has 2 aromatic heterocycles. The van der Waals surface area contributed by atoms with Crippen LogP contribution in [0, 0.1) is 12.8 Å². The molecule has 1 aliphatic rings. The summed E-state index contributed by atoms with van der Waals surface area (Å²) in [5.74, 6) is 0.752. The van der Waals surface area contributed by atoms with Gasteiger partial charge in [-0.25, -0.2) is 9.97 Å². The fourth-order valence-corrected chi connectivity index (χ4v) is 4.00. The lowest BCUT2D eigenvalue weighted by Crippen LogP contribution is -2.35. The minimum atomic E-state index is -0.321. The molecule has 1 saturated heterocycles. The number of aromatic nitrogens is 3. The number of nitrogens with one attached hydrogen (secondary N) is 2. The van der Waals surface area contributed by atoms with E-state index >= 15 is 0 Å². The van der Waals surface area contributed by atoms with Crippen molar-refractivity contribution < 1.29 is 9.59 Å². The predicted molar refractivity (Wildman–Crippen MR) is 135 cm³/mol. The second-order valence-corrected chi connectivity index (χ2v) is 8.35. The molecule has 3 heterocycles. The van der Waals surface area contributed by atoms with Gasteiger partial charge < -0.3 is 10.6 Å². The van der Waals surface area contributed by atoms with E-state index in [1.807, 2.05) is 26.8 Å². The number of carbonyl (C=O) groups excluding carboxylic acids is 2. The van der Waals surface area contributed by atoms with Crippen molar-refractivity contribution in [3.8, 4) is 0 Å². The highest BCUT2D eigenvalue weighted by Gasteiger charge is 2.19. The molecule has 3 rings (SSSR count). The van der Waals surface area contributed by atoms with Crippen LogP contribution in [0.3, 0.4) is 0 Å². The van der Waals surface area contributed by atoms with Crippen molar-refractivity contribution in [3.63, 3.8) is 0 Å². The first-order valence-corrected chi connectivity index (χ1v) is 12.2. The average molecular weight is 471 g/mol. The third-order valence-corrected chi connectivity index (χ3v) is 5.82. The Hall–Kier alpha value is -2.78. The summed E-state index contributed by atoms with van der Waals surface area (Å²) in [6, 6.07) is 7.88. The maximum atomic E-state index is 11.9. The van der Waals surface area contributed by atoms with E-state index in [0.717, 1.165) is 62.2 Å². The number of hydrogen-bond acceptors (Lipinski definition) is 8. The lowest BCUT2D eigenvalue weighted by molar-refractivity contribution is -0.116. The molecule has 0 unspecified atom stereocenters. The van der Waals surface area contributed by atoms with Crippen molar-refractivity contribution in [2.24, 2.45) is 5.92 Å². The van der Waals surface area contributed by atoms with Gasteiger partial charge >= 0.3 is 0 Å². The van der Waals surface area contributed by atoms with Gasteiger partial charge in [0.25, 0.3) is 5.91 Å². The minimum absolute atomic E-state index is 0.289. The molecule has 2 aromatic rings. The van der Waals surface area contributed by atoms with E-state index < -0.39 is 0 Å². The number of likely N-dealkylation sites (N-methyl/N-ethyl adjacent to an activating group) is 1. The molecule has 0 saturated carbocycles. The van der Waals surface area contributed by atoms with Gasteiger partial charge in [0.2, 0.25) is 5.95 Å². The molecule has 1 fully saturated rings. The molecule has 1 aliphatic heterocycles. The van der Waals surface area contributed by atoms with Gasteiger partial charge in [0.15, 0.2) is 5.62 Å². The molecule has 33 heavy (non-hydrogen) atoms. The Bertz CT molecular complexity index is 929. The molecular formula is C24H34N6O2S. The Labute approximate surface area is 200 Å². The summed E-state index contributed by atoms with van der Waals surface area (Å²) in [5, 5.41) is 5.84. The number of rotatable bonds is 9. The van der Waals surface area contributed by atoms with Crippen LogP contribution in [-0.4, -0.2) is 58.1 Å². The Morgan fingerprint density at radius 3 is 2.64 bits per heavy atom. The molecule has 0 aliphatic carbocycles. The molecule has 2 N–H and O–H groups in total. The van der Waals surface area contributed by atoms with Crippen LogP contribution in [0.1, 0.15) is 43.8 Å². The van der Waals surface area contributed by atoms with E-state index in [2.05, 4.69) is 42.6 Å². The van der Waals surface area contributed by atoms with Crippen LogP contribution in [0.2, 0.25) is 0 Å². The topological polar surface area (TPSA) is 100 Å². The van der Waals surface area contributed by atoms with Gasteiger partial charge in [-0.2, -0.15) is 0 Å². The Morgan fingerprint density at radius 2 is 1.97 bits per heavy atom. The molecular weight excluding hydrogens is 436 g/mol. The number of anilines is 1. The number of hydrogen-bond donors (Lipinski definition) is 2. The summed E-state index contributed by atoms with van der Waals surface area (Å²) in [7, 11) is 1.53. The standard InChI is InChI=1S/C22H28N6O2S.C2H6/c1-16-4-3-5-19(26-16)14-28-10-7-17(8-11-28)13-25-22-24-9-6-18(27-22)12-20(31-15-29)21(30)23-2;1-2/h3-6,9,12,15,17H,7-8,10-11,13-14H2,1-2H3,(H,23,30)(H,24,25,27);1-2H3/b20-12-;.